The van der Waals surface area contributed by atoms with Crippen LogP contribution >= 0.6 is 0 Å². The van der Waals surface area contributed by atoms with Gasteiger partial charge in [-0.1, -0.05) is 52.7 Å². The molecule has 2 saturated carbocycles. The van der Waals surface area contributed by atoms with Crippen molar-refractivity contribution in [3.8, 4) is 0 Å². The van der Waals surface area contributed by atoms with Crippen molar-refractivity contribution >= 4 is 5.91 Å². The summed E-state index contributed by atoms with van der Waals surface area (Å²) in [6.45, 7) is 9.39. The molecule has 2 fully saturated rings. The van der Waals surface area contributed by atoms with Crippen molar-refractivity contribution in [3.05, 3.63) is 35.4 Å². The Labute approximate surface area is 147 Å². The maximum absolute atomic E-state index is 12.7. The zero-order chi connectivity index (χ0) is 17.4. The van der Waals surface area contributed by atoms with Gasteiger partial charge in [-0.2, -0.15) is 0 Å². The van der Waals surface area contributed by atoms with E-state index in [9.17, 15) is 4.79 Å². The average molecular weight is 328 g/mol. The molecule has 2 heteroatoms. The summed E-state index contributed by atoms with van der Waals surface area (Å²) in [6.07, 6.45) is 8.58. The molecule has 0 heterocycles. The number of hydrogen-bond acceptors (Lipinski definition) is 1. The molecule has 0 spiro atoms. The maximum Gasteiger partial charge on any atom is 0.251 e. The highest BCUT2D eigenvalue weighted by Gasteiger charge is 2.61. The van der Waals surface area contributed by atoms with E-state index in [2.05, 4.69) is 45.1 Å². The number of carbonyl (C=O) groups is 1. The standard InChI is InChI=1S/C22H33NO/c1-5-6-7-8-16-9-11-17(12-10-16)20(24)23-19-15-18-13-14-22(19,4)21(18,2)3/h9-12,18-19H,5-8,13-15H2,1-4H3,(H,23,24)/t18-,19+,22+/m1/s1. The first-order valence-corrected chi connectivity index (χ1v) is 9.78. The van der Waals surface area contributed by atoms with Crippen LogP contribution in [-0.2, 0) is 6.42 Å². The van der Waals surface area contributed by atoms with Gasteiger partial charge >= 0.3 is 0 Å². The molecule has 0 aliphatic heterocycles. The number of unbranched alkanes of at least 4 members (excludes halogenated alkanes) is 2. The number of hydrogen-bond donors (Lipinski definition) is 1. The Kier molecular flexibility index (Phi) is 4.77. The van der Waals surface area contributed by atoms with Crippen LogP contribution in [0.3, 0.4) is 0 Å². The van der Waals surface area contributed by atoms with E-state index in [1.165, 1.54) is 37.7 Å². The van der Waals surface area contributed by atoms with Crippen molar-refractivity contribution in [3.63, 3.8) is 0 Å². The SMILES string of the molecule is CCCCCc1ccc(C(=O)N[C@H]2C[C@H]3CC[C@]2(C)C3(C)C)cc1. The zero-order valence-electron chi connectivity index (χ0n) is 15.8. The van der Waals surface area contributed by atoms with Crippen LogP contribution in [0.2, 0.25) is 0 Å². The van der Waals surface area contributed by atoms with Gasteiger partial charge in [0.25, 0.3) is 5.91 Å². The molecule has 1 N–H and O–H groups in total. The average Bonchev–Trinajstić information content (AvgIpc) is 2.89. The second-order valence-electron chi connectivity index (χ2n) is 8.79. The molecule has 3 rings (SSSR count). The summed E-state index contributed by atoms with van der Waals surface area (Å²) in [5.41, 5.74) is 2.73. The first kappa shape index (κ1) is 17.5. The molecule has 1 aromatic rings. The smallest absolute Gasteiger partial charge is 0.251 e. The Balaban J connectivity index is 1.62. The molecule has 3 atom stereocenters. The van der Waals surface area contributed by atoms with Crippen LogP contribution in [-0.4, -0.2) is 11.9 Å². The summed E-state index contributed by atoms with van der Waals surface area (Å²) >= 11 is 0. The molecular formula is C22H33NO. The quantitative estimate of drug-likeness (QED) is 0.700. The molecule has 0 saturated heterocycles. The molecule has 2 aliphatic carbocycles. The number of carbonyl (C=O) groups excluding carboxylic acids is 1. The van der Waals surface area contributed by atoms with Gasteiger partial charge in [-0.3, -0.25) is 4.79 Å². The zero-order valence-corrected chi connectivity index (χ0v) is 15.8. The molecule has 0 aromatic heterocycles. The molecule has 0 radical (unpaired) electrons. The molecule has 2 nitrogen and oxygen atoms in total. The van der Waals surface area contributed by atoms with E-state index < -0.39 is 0 Å². The lowest BCUT2D eigenvalue weighted by atomic mass is 9.69. The van der Waals surface area contributed by atoms with Crippen LogP contribution in [0.5, 0.6) is 0 Å². The molecule has 1 amide bonds. The fourth-order valence-electron chi connectivity index (χ4n) is 5.07. The summed E-state index contributed by atoms with van der Waals surface area (Å²) in [5.74, 6) is 0.860. The van der Waals surface area contributed by atoms with Gasteiger partial charge in [0.05, 0.1) is 0 Å². The lowest BCUT2D eigenvalue weighted by molar-refractivity contribution is 0.0826. The summed E-state index contributed by atoms with van der Waals surface area (Å²) in [6, 6.07) is 8.56. The van der Waals surface area contributed by atoms with Gasteiger partial charge in [-0.15, -0.1) is 0 Å². The molecular weight excluding hydrogens is 294 g/mol. The van der Waals surface area contributed by atoms with Gasteiger partial charge < -0.3 is 5.32 Å². The Morgan fingerprint density at radius 1 is 1.17 bits per heavy atom. The third kappa shape index (κ3) is 2.89. The lowest BCUT2D eigenvalue weighted by Crippen LogP contribution is -2.46. The normalized spacial score (nSPS) is 30.5. The van der Waals surface area contributed by atoms with E-state index in [-0.39, 0.29) is 11.3 Å². The molecule has 2 bridgehead atoms. The number of rotatable bonds is 6. The minimum absolute atomic E-state index is 0.102. The summed E-state index contributed by atoms with van der Waals surface area (Å²) < 4.78 is 0. The van der Waals surface area contributed by atoms with E-state index in [1.54, 1.807) is 0 Å². The molecule has 0 unspecified atom stereocenters. The minimum Gasteiger partial charge on any atom is -0.349 e. The number of amides is 1. The fraction of sp³-hybridized carbons (Fsp3) is 0.682. The van der Waals surface area contributed by atoms with Crippen LogP contribution in [0.25, 0.3) is 0 Å². The van der Waals surface area contributed by atoms with Crippen molar-refractivity contribution in [1.29, 1.82) is 0 Å². The predicted molar refractivity (Wildman–Crippen MR) is 100 cm³/mol. The predicted octanol–water partition coefficient (Wildman–Crippen LogP) is 5.36. The van der Waals surface area contributed by atoms with E-state index in [0.717, 1.165) is 24.3 Å². The van der Waals surface area contributed by atoms with Crippen molar-refractivity contribution in [2.75, 3.05) is 0 Å². The highest BCUT2D eigenvalue weighted by atomic mass is 16.1. The number of fused-ring (bicyclic) bond motifs is 2. The van der Waals surface area contributed by atoms with Gasteiger partial charge in [0.2, 0.25) is 0 Å². The van der Waals surface area contributed by atoms with Crippen LogP contribution in [0, 0.1) is 16.7 Å². The monoisotopic (exact) mass is 327 g/mol. The van der Waals surface area contributed by atoms with Crippen LogP contribution in [0.15, 0.2) is 24.3 Å². The van der Waals surface area contributed by atoms with Gasteiger partial charge in [0.1, 0.15) is 0 Å². The van der Waals surface area contributed by atoms with Crippen LogP contribution in [0.1, 0.15) is 82.1 Å². The van der Waals surface area contributed by atoms with Crippen molar-refractivity contribution in [2.45, 2.75) is 78.7 Å². The van der Waals surface area contributed by atoms with Crippen molar-refractivity contribution in [1.82, 2.24) is 5.32 Å². The second-order valence-corrected chi connectivity index (χ2v) is 8.79. The Morgan fingerprint density at radius 2 is 1.88 bits per heavy atom. The number of aryl methyl sites for hydroxylation is 1. The minimum atomic E-state index is 0.102. The number of nitrogens with one attached hydrogen (secondary N) is 1. The Morgan fingerprint density at radius 3 is 2.42 bits per heavy atom. The van der Waals surface area contributed by atoms with Crippen LogP contribution < -0.4 is 5.32 Å². The summed E-state index contributed by atoms with van der Waals surface area (Å²) in [5, 5.41) is 3.36. The largest absolute Gasteiger partial charge is 0.349 e. The van der Waals surface area contributed by atoms with Crippen molar-refractivity contribution in [2.24, 2.45) is 16.7 Å². The lowest BCUT2D eigenvalue weighted by Gasteiger charge is -2.39. The Bertz CT molecular complexity index is 588. The van der Waals surface area contributed by atoms with E-state index >= 15 is 0 Å². The molecule has 24 heavy (non-hydrogen) atoms. The topological polar surface area (TPSA) is 29.1 Å². The highest BCUT2D eigenvalue weighted by molar-refractivity contribution is 5.94. The van der Waals surface area contributed by atoms with Crippen molar-refractivity contribution < 1.29 is 4.79 Å². The first-order valence-electron chi connectivity index (χ1n) is 9.78. The van der Waals surface area contributed by atoms with Gasteiger partial charge in [-0.05, 0) is 66.5 Å². The van der Waals surface area contributed by atoms with E-state index in [1.807, 2.05) is 12.1 Å². The van der Waals surface area contributed by atoms with E-state index in [4.69, 9.17) is 0 Å². The molecule has 2 aliphatic rings. The molecule has 132 valence electrons. The van der Waals surface area contributed by atoms with Crippen LogP contribution in [0.4, 0.5) is 0 Å². The highest BCUT2D eigenvalue weighted by Crippen LogP contribution is 2.65. The number of benzene rings is 1. The van der Waals surface area contributed by atoms with Gasteiger partial charge in [0.15, 0.2) is 0 Å². The maximum atomic E-state index is 12.7. The summed E-state index contributed by atoms with van der Waals surface area (Å²) in [7, 11) is 0. The third-order valence-electron chi connectivity index (χ3n) is 7.38. The third-order valence-corrected chi connectivity index (χ3v) is 7.38. The Hall–Kier alpha value is -1.31. The fourth-order valence-corrected chi connectivity index (χ4v) is 5.07. The molecule has 1 aromatic carbocycles. The van der Waals surface area contributed by atoms with E-state index in [0.29, 0.717) is 11.5 Å². The second kappa shape index (κ2) is 6.54. The van der Waals surface area contributed by atoms with Gasteiger partial charge in [-0.25, -0.2) is 0 Å². The summed E-state index contributed by atoms with van der Waals surface area (Å²) in [4.78, 5) is 12.7. The van der Waals surface area contributed by atoms with Gasteiger partial charge in [0, 0.05) is 11.6 Å². The first-order chi connectivity index (χ1) is 11.4.